The minimum Gasteiger partial charge on any atom is -0.496 e. The highest BCUT2D eigenvalue weighted by Gasteiger charge is 2.38. The summed E-state index contributed by atoms with van der Waals surface area (Å²) in [5, 5.41) is 4.46. The van der Waals surface area contributed by atoms with E-state index in [1.165, 1.54) is 81.2 Å². The molecule has 1 unspecified atom stereocenters. The van der Waals surface area contributed by atoms with Crippen molar-refractivity contribution >= 4 is 74.6 Å². The van der Waals surface area contributed by atoms with Crippen molar-refractivity contribution in [2.45, 2.75) is 110 Å². The normalized spacial score (nSPS) is 19.5. The van der Waals surface area contributed by atoms with Crippen molar-refractivity contribution in [1.29, 1.82) is 0 Å². The van der Waals surface area contributed by atoms with Crippen LogP contribution in [0.15, 0.2) is 65.6 Å². The first kappa shape index (κ1) is 45.4. The summed E-state index contributed by atoms with van der Waals surface area (Å²) >= 11 is 7.49. The van der Waals surface area contributed by atoms with E-state index < -0.39 is 0 Å². The van der Waals surface area contributed by atoms with Crippen LogP contribution in [0.1, 0.15) is 99.7 Å². The Bertz CT molecular complexity index is 2500. The lowest BCUT2D eigenvalue weighted by Gasteiger charge is -2.42. The van der Waals surface area contributed by atoms with Crippen molar-refractivity contribution < 1.29 is 19.1 Å². The van der Waals surface area contributed by atoms with Gasteiger partial charge in [0.1, 0.15) is 10.1 Å². The van der Waals surface area contributed by atoms with E-state index >= 15 is 0 Å². The third-order valence-electron chi connectivity index (χ3n) is 12.9. The van der Waals surface area contributed by atoms with Crippen LogP contribution in [0, 0.1) is 13.8 Å². The molecule has 2 fully saturated rings. The van der Waals surface area contributed by atoms with Crippen molar-refractivity contribution in [2.24, 2.45) is 0 Å². The Morgan fingerprint density at radius 3 is 2.16 bits per heavy atom. The molecule has 3 aliphatic heterocycles. The Labute approximate surface area is 382 Å². The molecular formula is C51H60N4O4S3. The predicted octanol–water partition coefficient (Wildman–Crippen LogP) is 11.3. The van der Waals surface area contributed by atoms with Gasteiger partial charge in [0, 0.05) is 49.2 Å². The summed E-state index contributed by atoms with van der Waals surface area (Å²) in [5.74, 6) is 0.504. The third kappa shape index (κ3) is 9.36. The number of nitrogens with one attached hydrogen (secondary N) is 2. The van der Waals surface area contributed by atoms with E-state index in [2.05, 4.69) is 138 Å². The Morgan fingerprint density at radius 1 is 0.871 bits per heavy atom. The largest absolute Gasteiger partial charge is 0.496 e. The van der Waals surface area contributed by atoms with Crippen LogP contribution in [0.25, 0.3) is 28.3 Å². The second-order valence-corrected chi connectivity index (χ2v) is 21.7. The Hall–Kier alpha value is -4.58. The minimum atomic E-state index is -0.357. The molecule has 0 aromatic heterocycles. The standard InChI is InChI=1S/C27H34N2O2S.C24H26N2O2S2/c1-16-12-20-21(27(4,5)11-10-26(20,2)3)15-18(16)19-13-17(8-9-22(19)29(6)7)14-23-24(30)28-25(31)32-23;1-14(2)26-9-5-6-17-13-18(15(3)10-20(17)26)19-11-16(7-8-21(19)28-4)12-22-23(27)25-24(29)30-22/h8-9,12-13,15,23H,10-11,14H2,1-7H3,(H,28,30,31);7-8,10-14H,5-6,9H2,1-4H3,(H,25,27,29)/b;22-12-. The molecule has 0 saturated carbocycles. The van der Waals surface area contributed by atoms with Gasteiger partial charge in [0.25, 0.3) is 11.1 Å². The van der Waals surface area contributed by atoms with E-state index in [1.807, 2.05) is 18.2 Å². The number of anilines is 2. The van der Waals surface area contributed by atoms with Crippen LogP contribution in [0.2, 0.25) is 0 Å². The van der Waals surface area contributed by atoms with Crippen LogP contribution in [0.3, 0.4) is 0 Å². The zero-order valence-electron chi connectivity index (χ0n) is 38.0. The van der Waals surface area contributed by atoms with E-state index in [1.54, 1.807) is 7.11 Å². The highest BCUT2D eigenvalue weighted by Crippen LogP contribution is 2.49. The summed E-state index contributed by atoms with van der Waals surface area (Å²) in [5.41, 5.74) is 16.3. The molecule has 1 aliphatic carbocycles. The monoisotopic (exact) mass is 888 g/mol. The van der Waals surface area contributed by atoms with Crippen molar-refractivity contribution in [2.75, 3.05) is 37.5 Å². The molecule has 11 heteroatoms. The number of thioether (sulfide) groups is 2. The van der Waals surface area contributed by atoms with Gasteiger partial charge in [0.15, 0.2) is 0 Å². The molecule has 4 aromatic carbocycles. The first-order chi connectivity index (χ1) is 29.3. The number of rotatable bonds is 8. The number of nitrogens with zero attached hydrogens (tertiary/aromatic N) is 2. The Morgan fingerprint density at radius 2 is 1.55 bits per heavy atom. The fraction of sp³-hybridized carbons (Fsp3) is 0.412. The maximum atomic E-state index is 12.1. The van der Waals surface area contributed by atoms with Gasteiger partial charge in [-0.25, -0.2) is 0 Å². The van der Waals surface area contributed by atoms with Crippen molar-refractivity contribution in [3.8, 4) is 28.0 Å². The molecule has 0 spiro atoms. The van der Waals surface area contributed by atoms with Gasteiger partial charge < -0.3 is 19.9 Å². The maximum Gasteiger partial charge on any atom is 0.286 e. The molecule has 1 atom stereocenters. The van der Waals surface area contributed by atoms with Gasteiger partial charge in [-0.05, 0) is 169 Å². The predicted molar refractivity (Wildman–Crippen MR) is 265 cm³/mol. The molecule has 4 aromatic rings. The minimum absolute atomic E-state index is 0.138. The maximum absolute atomic E-state index is 12.1. The number of hydrogen-bond donors (Lipinski definition) is 2. The van der Waals surface area contributed by atoms with Gasteiger partial charge >= 0.3 is 0 Å². The van der Waals surface area contributed by atoms with Gasteiger partial charge in [-0.15, -0.1) is 0 Å². The van der Waals surface area contributed by atoms with Gasteiger partial charge in [-0.2, -0.15) is 0 Å². The van der Waals surface area contributed by atoms with Gasteiger partial charge in [-0.3, -0.25) is 19.7 Å². The molecule has 4 aliphatic rings. The SMILES string of the molecule is COc1ccc(/C=C2\SC(=S)NC2=O)cc1-c1cc2c(cc1C)N(C(C)C)CCC2.Cc1cc2c(cc1-c1cc(CC3SC(=O)NC3=O)ccc1N(C)C)C(C)(C)CCC2(C)C. The zero-order valence-corrected chi connectivity index (χ0v) is 40.4. The molecule has 8 nitrogen and oxygen atoms in total. The van der Waals surface area contributed by atoms with E-state index in [9.17, 15) is 14.4 Å². The molecule has 62 heavy (non-hydrogen) atoms. The summed E-state index contributed by atoms with van der Waals surface area (Å²) in [7, 11) is 5.83. The first-order valence-corrected chi connectivity index (χ1v) is 23.7. The first-order valence-electron chi connectivity index (χ1n) is 21.6. The lowest BCUT2D eigenvalue weighted by atomic mass is 9.62. The number of ether oxygens (including phenoxy) is 1. The average Bonchev–Trinajstić information content (AvgIpc) is 3.71. The fourth-order valence-corrected chi connectivity index (χ4v) is 11.2. The molecule has 3 heterocycles. The van der Waals surface area contributed by atoms with Crippen LogP contribution in [-0.4, -0.2) is 60.4 Å². The second kappa shape index (κ2) is 17.9. The molecule has 3 amide bonds. The summed E-state index contributed by atoms with van der Waals surface area (Å²) in [4.78, 5) is 41.0. The number of aryl methyl sites for hydroxylation is 3. The number of benzene rings is 4. The number of hydrogen-bond acceptors (Lipinski definition) is 9. The number of methoxy groups -OCH3 is 1. The van der Waals surface area contributed by atoms with Gasteiger partial charge in [0.05, 0.1) is 17.3 Å². The van der Waals surface area contributed by atoms with Crippen molar-refractivity contribution in [3.63, 3.8) is 0 Å². The number of carbonyl (C=O) groups is 3. The molecule has 0 radical (unpaired) electrons. The lowest BCUT2D eigenvalue weighted by molar-refractivity contribution is -0.119. The number of fused-ring (bicyclic) bond motifs is 2. The number of imide groups is 1. The lowest BCUT2D eigenvalue weighted by Crippen LogP contribution is -2.35. The van der Waals surface area contributed by atoms with E-state index in [0.717, 1.165) is 52.9 Å². The van der Waals surface area contributed by atoms with E-state index in [-0.39, 0.29) is 33.1 Å². The number of amides is 3. The Kier molecular flexibility index (Phi) is 13.1. The van der Waals surface area contributed by atoms with Crippen LogP contribution >= 0.6 is 35.7 Å². The summed E-state index contributed by atoms with van der Waals surface area (Å²) in [6.45, 7) is 19.4. The summed E-state index contributed by atoms with van der Waals surface area (Å²) < 4.78 is 6.19. The van der Waals surface area contributed by atoms with Crippen LogP contribution in [0.4, 0.5) is 16.2 Å². The van der Waals surface area contributed by atoms with Crippen LogP contribution < -0.4 is 25.2 Å². The van der Waals surface area contributed by atoms with Gasteiger partial charge in [0.2, 0.25) is 5.91 Å². The topological polar surface area (TPSA) is 91.0 Å². The Balaban J connectivity index is 0.000000187. The molecule has 0 bridgehead atoms. The molecule has 8 rings (SSSR count). The van der Waals surface area contributed by atoms with Crippen LogP contribution in [-0.2, 0) is 33.3 Å². The van der Waals surface area contributed by atoms with Gasteiger partial charge in [-0.1, -0.05) is 81.6 Å². The molecule has 2 saturated heterocycles. The highest BCUT2D eigenvalue weighted by molar-refractivity contribution is 8.26. The summed E-state index contributed by atoms with van der Waals surface area (Å²) in [6, 6.07) is 22.4. The second-order valence-electron chi connectivity index (χ2n) is 18.8. The molecular weight excluding hydrogens is 829 g/mol. The smallest absolute Gasteiger partial charge is 0.286 e. The van der Waals surface area contributed by atoms with Crippen molar-refractivity contribution in [1.82, 2.24) is 10.6 Å². The van der Waals surface area contributed by atoms with Crippen molar-refractivity contribution in [3.05, 3.63) is 105 Å². The highest BCUT2D eigenvalue weighted by atomic mass is 32.2. The van der Waals surface area contributed by atoms with E-state index in [4.69, 9.17) is 17.0 Å². The quantitative estimate of drug-likeness (QED) is 0.133. The average molecular weight is 889 g/mol. The van der Waals surface area contributed by atoms with Crippen LogP contribution in [0.5, 0.6) is 5.75 Å². The zero-order chi connectivity index (χ0) is 44.8. The van der Waals surface area contributed by atoms with E-state index in [0.29, 0.717) is 21.7 Å². The molecule has 326 valence electrons. The summed E-state index contributed by atoms with van der Waals surface area (Å²) in [6.07, 6.45) is 7.07. The number of carbonyl (C=O) groups excluding carboxylic acids is 3. The third-order valence-corrected chi connectivity index (χ3v) is 15.0. The molecule has 2 N–H and O–H groups in total. The number of thiocarbonyl (C=S) groups is 1. The fourth-order valence-electron chi connectivity index (χ4n) is 9.26.